The number of pyridine rings is 1. The summed E-state index contributed by atoms with van der Waals surface area (Å²) >= 11 is 3.57. The normalized spacial score (nSPS) is 12.5. The summed E-state index contributed by atoms with van der Waals surface area (Å²) in [7, 11) is -1.82. The van der Waals surface area contributed by atoms with Gasteiger partial charge in [0.05, 0.1) is 36.0 Å². The molecule has 3 rings (SSSR count). The molecule has 2 aromatic heterocycles. The van der Waals surface area contributed by atoms with Crippen LogP contribution >= 0.6 is 15.9 Å². The second kappa shape index (κ2) is 7.97. The molecule has 0 aliphatic rings. The van der Waals surface area contributed by atoms with E-state index in [1.165, 1.54) is 0 Å². The maximum Gasteiger partial charge on any atom is 0.192 e. The molecule has 0 radical (unpaired) electrons. The van der Waals surface area contributed by atoms with Gasteiger partial charge in [-0.05, 0) is 49.3 Å². The topological polar surface area (TPSA) is 49.2 Å². The van der Waals surface area contributed by atoms with Gasteiger partial charge in [-0.2, -0.15) is 5.10 Å². The minimum absolute atomic E-state index is 0.171. The van der Waals surface area contributed by atoms with Crippen molar-refractivity contribution in [3.8, 4) is 11.6 Å². The molecule has 7 heteroatoms. The fourth-order valence-electron chi connectivity index (χ4n) is 2.66. The number of benzene rings is 1. The van der Waals surface area contributed by atoms with E-state index in [0.717, 1.165) is 32.6 Å². The van der Waals surface area contributed by atoms with Gasteiger partial charge in [0.2, 0.25) is 0 Å². The molecule has 3 aromatic rings. The van der Waals surface area contributed by atoms with Crippen LogP contribution in [0.2, 0.25) is 18.1 Å². The molecule has 0 N–H and O–H groups in total. The zero-order valence-corrected chi connectivity index (χ0v) is 20.0. The molecule has 0 bridgehead atoms. The highest BCUT2D eigenvalue weighted by atomic mass is 79.9. The van der Waals surface area contributed by atoms with Gasteiger partial charge >= 0.3 is 0 Å². The van der Waals surface area contributed by atoms with Crippen LogP contribution in [0.5, 0.6) is 5.75 Å². The molecule has 0 atom stereocenters. The number of aromatic nitrogens is 3. The van der Waals surface area contributed by atoms with E-state index in [1.54, 1.807) is 0 Å². The summed E-state index contributed by atoms with van der Waals surface area (Å²) in [5, 5.41) is 5.70. The van der Waals surface area contributed by atoms with Crippen LogP contribution in [-0.4, -0.2) is 29.7 Å². The number of hydrogen-bond donors (Lipinski definition) is 0. The van der Waals surface area contributed by atoms with Gasteiger partial charge in [0, 0.05) is 4.47 Å². The number of rotatable bonds is 6. The second-order valence-electron chi connectivity index (χ2n) is 8.36. The van der Waals surface area contributed by atoms with Gasteiger partial charge in [-0.1, -0.05) is 42.8 Å². The third-order valence-electron chi connectivity index (χ3n) is 5.31. The average Bonchev–Trinajstić information content (AvgIpc) is 3.03. The lowest BCUT2D eigenvalue weighted by Gasteiger charge is -2.36. The van der Waals surface area contributed by atoms with Crippen LogP contribution in [0.15, 0.2) is 41.0 Å². The van der Waals surface area contributed by atoms with E-state index in [1.807, 2.05) is 48.1 Å². The maximum atomic E-state index is 6.33. The van der Waals surface area contributed by atoms with Gasteiger partial charge in [0.25, 0.3) is 0 Å². The third-order valence-corrected chi connectivity index (χ3v) is 10.2. The first kappa shape index (κ1) is 21.0. The van der Waals surface area contributed by atoms with Crippen molar-refractivity contribution >= 4 is 35.2 Å². The van der Waals surface area contributed by atoms with Gasteiger partial charge in [0.15, 0.2) is 14.1 Å². The molecule has 0 aliphatic heterocycles. The van der Waals surface area contributed by atoms with Crippen LogP contribution in [-0.2, 0) is 11.0 Å². The molecule has 2 heterocycles. The SMILES string of the molecule is CCOc1cc(Br)cc2c1cnn2-c1cccc(CO[Si](C)(C)C(C)(C)C)n1. The third kappa shape index (κ3) is 4.31. The minimum atomic E-state index is -1.82. The highest BCUT2D eigenvalue weighted by Gasteiger charge is 2.37. The Hall–Kier alpha value is -1.70. The van der Waals surface area contributed by atoms with Crippen molar-refractivity contribution in [2.24, 2.45) is 0 Å². The van der Waals surface area contributed by atoms with Crippen LogP contribution in [0.3, 0.4) is 0 Å². The minimum Gasteiger partial charge on any atom is -0.493 e. The predicted molar refractivity (Wildman–Crippen MR) is 120 cm³/mol. The summed E-state index contributed by atoms with van der Waals surface area (Å²) in [6.45, 7) is 14.3. The Kier molecular flexibility index (Phi) is 5.98. The average molecular weight is 462 g/mol. The van der Waals surface area contributed by atoms with Gasteiger partial charge in [-0.25, -0.2) is 9.67 Å². The van der Waals surface area contributed by atoms with Crippen LogP contribution < -0.4 is 4.74 Å². The smallest absolute Gasteiger partial charge is 0.192 e. The Morgan fingerprint density at radius 3 is 2.61 bits per heavy atom. The lowest BCUT2D eigenvalue weighted by molar-refractivity contribution is 0.272. The van der Waals surface area contributed by atoms with E-state index in [9.17, 15) is 0 Å². The van der Waals surface area contributed by atoms with Crippen molar-refractivity contribution in [2.75, 3.05) is 6.61 Å². The predicted octanol–water partition coefficient (Wildman–Crippen LogP) is 6.10. The van der Waals surface area contributed by atoms with Crippen molar-refractivity contribution in [2.45, 2.75) is 52.4 Å². The molecule has 0 saturated heterocycles. The van der Waals surface area contributed by atoms with Crippen molar-refractivity contribution in [1.82, 2.24) is 14.8 Å². The molecule has 1 aromatic carbocycles. The Morgan fingerprint density at radius 2 is 1.93 bits per heavy atom. The van der Waals surface area contributed by atoms with Gasteiger partial charge in [-0.15, -0.1) is 0 Å². The molecule has 5 nitrogen and oxygen atoms in total. The van der Waals surface area contributed by atoms with E-state index >= 15 is 0 Å². The Labute approximate surface area is 176 Å². The number of hydrogen-bond acceptors (Lipinski definition) is 4. The number of fused-ring (bicyclic) bond motifs is 1. The van der Waals surface area contributed by atoms with Gasteiger partial charge < -0.3 is 9.16 Å². The first-order chi connectivity index (χ1) is 13.1. The number of nitrogens with zero attached hydrogens (tertiary/aromatic N) is 3. The molecule has 0 aliphatic carbocycles. The largest absolute Gasteiger partial charge is 0.493 e. The molecule has 0 fully saturated rings. The first-order valence-corrected chi connectivity index (χ1v) is 13.2. The molecule has 0 amide bonds. The molecule has 0 unspecified atom stereocenters. The van der Waals surface area contributed by atoms with Crippen LogP contribution in [0.1, 0.15) is 33.4 Å². The first-order valence-electron chi connectivity index (χ1n) is 9.53. The summed E-state index contributed by atoms with van der Waals surface area (Å²) in [5.74, 6) is 1.59. The van der Waals surface area contributed by atoms with Crippen molar-refractivity contribution in [3.63, 3.8) is 0 Å². The fourth-order valence-corrected chi connectivity index (χ4v) is 4.02. The summed E-state index contributed by atoms with van der Waals surface area (Å²) in [4.78, 5) is 4.80. The lowest BCUT2D eigenvalue weighted by atomic mass is 10.2. The highest BCUT2D eigenvalue weighted by molar-refractivity contribution is 9.10. The summed E-state index contributed by atoms with van der Waals surface area (Å²) in [6, 6.07) is 9.97. The van der Waals surface area contributed by atoms with Crippen LogP contribution in [0.4, 0.5) is 0 Å². The van der Waals surface area contributed by atoms with E-state index in [2.05, 4.69) is 54.9 Å². The summed E-state index contributed by atoms with van der Waals surface area (Å²) in [5.41, 5.74) is 1.86. The van der Waals surface area contributed by atoms with Crippen LogP contribution in [0.25, 0.3) is 16.7 Å². The molecule has 150 valence electrons. The molecular formula is C21H28BrN3O2Si. The standard InChI is InChI=1S/C21H28BrN3O2Si/c1-7-26-19-12-15(22)11-18-17(19)13-23-25(18)20-10-8-9-16(24-20)14-27-28(5,6)21(2,3)4/h8-13H,7,14H2,1-6H3. The van der Waals surface area contributed by atoms with Gasteiger partial charge in [0.1, 0.15) is 5.75 Å². The molecular weight excluding hydrogens is 434 g/mol. The Balaban J connectivity index is 1.92. The second-order valence-corrected chi connectivity index (χ2v) is 14.1. The number of ether oxygens (including phenoxy) is 1. The van der Waals surface area contributed by atoms with E-state index in [4.69, 9.17) is 14.1 Å². The monoisotopic (exact) mass is 461 g/mol. The quantitative estimate of drug-likeness (QED) is 0.415. The molecule has 0 spiro atoms. The van der Waals surface area contributed by atoms with Crippen molar-refractivity contribution in [3.05, 3.63) is 46.7 Å². The molecule has 0 saturated carbocycles. The van der Waals surface area contributed by atoms with E-state index in [-0.39, 0.29) is 5.04 Å². The highest BCUT2D eigenvalue weighted by Crippen LogP contribution is 2.37. The van der Waals surface area contributed by atoms with Crippen LogP contribution in [0, 0.1) is 0 Å². The van der Waals surface area contributed by atoms with E-state index < -0.39 is 8.32 Å². The zero-order valence-electron chi connectivity index (χ0n) is 17.4. The van der Waals surface area contributed by atoms with Crippen molar-refractivity contribution in [1.29, 1.82) is 0 Å². The molecule has 28 heavy (non-hydrogen) atoms. The Bertz CT molecular complexity index is 979. The maximum absolute atomic E-state index is 6.33. The van der Waals surface area contributed by atoms with Crippen molar-refractivity contribution < 1.29 is 9.16 Å². The van der Waals surface area contributed by atoms with Gasteiger partial charge in [-0.3, -0.25) is 0 Å². The van der Waals surface area contributed by atoms with E-state index in [0.29, 0.717) is 13.2 Å². The Morgan fingerprint density at radius 1 is 1.18 bits per heavy atom. The summed E-state index contributed by atoms with van der Waals surface area (Å²) < 4.78 is 14.9. The lowest BCUT2D eigenvalue weighted by Crippen LogP contribution is -2.40. The fraction of sp³-hybridized carbons (Fsp3) is 0.429. The summed E-state index contributed by atoms with van der Waals surface area (Å²) in [6.07, 6.45) is 1.83. The zero-order chi connectivity index (χ0) is 20.5. The number of halogens is 1.